The van der Waals surface area contributed by atoms with Gasteiger partial charge in [0.1, 0.15) is 17.4 Å². The summed E-state index contributed by atoms with van der Waals surface area (Å²) in [5, 5.41) is 10.8. The molecule has 0 spiro atoms. The van der Waals surface area contributed by atoms with Crippen molar-refractivity contribution in [1.29, 1.82) is 0 Å². The van der Waals surface area contributed by atoms with Gasteiger partial charge in [0.25, 0.3) is 0 Å². The third kappa shape index (κ3) is 3.81. The molecule has 4 rings (SSSR count). The van der Waals surface area contributed by atoms with Crippen LogP contribution in [0.5, 0.6) is 5.75 Å². The van der Waals surface area contributed by atoms with Gasteiger partial charge in [-0.15, -0.1) is 0 Å². The average Bonchev–Trinajstić information content (AvgIpc) is 3.18. The summed E-state index contributed by atoms with van der Waals surface area (Å²) in [6, 6.07) is 10.0. The molecule has 3 heterocycles. The number of methoxy groups -OCH3 is 1. The van der Waals surface area contributed by atoms with Gasteiger partial charge in [-0.2, -0.15) is 9.61 Å². The summed E-state index contributed by atoms with van der Waals surface area (Å²) >= 11 is 0. The molecule has 0 bridgehead atoms. The van der Waals surface area contributed by atoms with E-state index in [4.69, 9.17) is 9.47 Å². The summed E-state index contributed by atoms with van der Waals surface area (Å²) in [5.74, 6) is 2.38. The van der Waals surface area contributed by atoms with Crippen LogP contribution in [0.1, 0.15) is 5.56 Å². The van der Waals surface area contributed by atoms with Crippen molar-refractivity contribution in [3.63, 3.8) is 0 Å². The van der Waals surface area contributed by atoms with Crippen LogP contribution in [0.15, 0.2) is 36.5 Å². The zero-order chi connectivity index (χ0) is 18.6. The second-order valence-corrected chi connectivity index (χ2v) is 6.43. The number of nitrogens with one attached hydrogen (secondary N) is 2. The number of fused-ring (bicyclic) bond motifs is 1. The molecule has 142 valence electrons. The topological polar surface area (TPSA) is 76.0 Å². The number of morpholine rings is 1. The molecule has 0 radical (unpaired) electrons. The van der Waals surface area contributed by atoms with Gasteiger partial charge in [0.05, 0.1) is 32.2 Å². The lowest BCUT2D eigenvalue weighted by molar-refractivity contribution is 0.0342. The van der Waals surface area contributed by atoms with Crippen molar-refractivity contribution >= 4 is 23.0 Å². The molecule has 8 heteroatoms. The SMILES string of the molecule is CNc1cc(Nc2ccc(CN3CCOCC3)cc2OC)nc2ccnn12. The summed E-state index contributed by atoms with van der Waals surface area (Å²) in [6.07, 6.45) is 1.73. The number of ether oxygens (including phenoxy) is 2. The first-order valence-electron chi connectivity index (χ1n) is 9.03. The van der Waals surface area contributed by atoms with E-state index in [0.29, 0.717) is 0 Å². The van der Waals surface area contributed by atoms with E-state index < -0.39 is 0 Å². The third-order valence-corrected chi connectivity index (χ3v) is 4.65. The molecular weight excluding hydrogens is 344 g/mol. The van der Waals surface area contributed by atoms with Crippen LogP contribution < -0.4 is 15.4 Å². The molecule has 0 aliphatic carbocycles. The molecule has 1 fully saturated rings. The quantitative estimate of drug-likeness (QED) is 0.692. The van der Waals surface area contributed by atoms with E-state index in [2.05, 4.69) is 37.7 Å². The first-order valence-corrected chi connectivity index (χ1v) is 9.03. The second kappa shape index (κ2) is 7.81. The predicted octanol–water partition coefficient (Wildman–Crippen LogP) is 2.36. The molecule has 8 nitrogen and oxygen atoms in total. The molecule has 2 N–H and O–H groups in total. The van der Waals surface area contributed by atoms with Crippen LogP contribution in [-0.4, -0.2) is 60.0 Å². The molecule has 3 aromatic rings. The molecule has 0 atom stereocenters. The molecule has 27 heavy (non-hydrogen) atoms. The van der Waals surface area contributed by atoms with Crippen LogP contribution in [0.3, 0.4) is 0 Å². The number of hydrogen-bond acceptors (Lipinski definition) is 7. The average molecular weight is 368 g/mol. The van der Waals surface area contributed by atoms with Gasteiger partial charge in [-0.1, -0.05) is 6.07 Å². The van der Waals surface area contributed by atoms with Gasteiger partial charge in [-0.3, -0.25) is 4.90 Å². The molecule has 1 aliphatic heterocycles. The molecule has 0 saturated carbocycles. The second-order valence-electron chi connectivity index (χ2n) is 6.43. The van der Waals surface area contributed by atoms with Crippen molar-refractivity contribution in [2.45, 2.75) is 6.54 Å². The Morgan fingerprint density at radius 1 is 1.19 bits per heavy atom. The van der Waals surface area contributed by atoms with Gasteiger partial charge in [0.2, 0.25) is 0 Å². The number of benzene rings is 1. The maximum atomic E-state index is 5.61. The van der Waals surface area contributed by atoms with Crippen molar-refractivity contribution in [2.75, 3.05) is 51.1 Å². The molecule has 1 saturated heterocycles. The fraction of sp³-hybridized carbons (Fsp3) is 0.368. The van der Waals surface area contributed by atoms with Crippen LogP contribution in [0, 0.1) is 0 Å². The fourth-order valence-corrected chi connectivity index (χ4v) is 3.25. The monoisotopic (exact) mass is 368 g/mol. The summed E-state index contributed by atoms with van der Waals surface area (Å²) in [4.78, 5) is 6.99. The van der Waals surface area contributed by atoms with Crippen LogP contribution in [0.4, 0.5) is 17.3 Å². The minimum absolute atomic E-state index is 0.728. The van der Waals surface area contributed by atoms with E-state index in [-0.39, 0.29) is 0 Å². The lowest BCUT2D eigenvalue weighted by Gasteiger charge is -2.26. The number of nitrogens with zero attached hydrogens (tertiary/aromatic N) is 4. The normalized spacial score (nSPS) is 15.0. The van der Waals surface area contributed by atoms with Crippen LogP contribution >= 0.6 is 0 Å². The maximum absolute atomic E-state index is 5.61. The van der Waals surface area contributed by atoms with Crippen molar-refractivity contribution in [3.8, 4) is 5.75 Å². The van der Waals surface area contributed by atoms with E-state index in [0.717, 1.165) is 61.6 Å². The van der Waals surface area contributed by atoms with E-state index >= 15 is 0 Å². The molecule has 1 aliphatic rings. The molecule has 0 unspecified atom stereocenters. The zero-order valence-corrected chi connectivity index (χ0v) is 15.6. The zero-order valence-electron chi connectivity index (χ0n) is 15.6. The summed E-state index contributed by atoms with van der Waals surface area (Å²) in [5.41, 5.74) is 2.86. The standard InChI is InChI=1S/C19H24N6O2/c1-20-19-12-17(23-18-5-6-21-25(18)19)22-15-4-3-14(11-16(15)26-2)13-24-7-9-27-10-8-24/h3-6,11-12,20H,7-10,13H2,1-2H3,(H,22,23). The van der Waals surface area contributed by atoms with Gasteiger partial charge < -0.3 is 20.1 Å². The van der Waals surface area contributed by atoms with Crippen molar-refractivity contribution in [1.82, 2.24) is 19.5 Å². The Balaban J connectivity index is 1.56. The van der Waals surface area contributed by atoms with Gasteiger partial charge in [0, 0.05) is 38.8 Å². The number of aromatic nitrogens is 3. The Labute approximate surface area is 158 Å². The Morgan fingerprint density at radius 3 is 2.81 bits per heavy atom. The molecule has 1 aromatic carbocycles. The Bertz CT molecular complexity index is 920. The predicted molar refractivity (Wildman–Crippen MR) is 105 cm³/mol. The van der Waals surface area contributed by atoms with Crippen LogP contribution in [0.2, 0.25) is 0 Å². The number of anilines is 3. The Morgan fingerprint density at radius 2 is 2.04 bits per heavy atom. The smallest absolute Gasteiger partial charge is 0.159 e. The summed E-state index contributed by atoms with van der Waals surface area (Å²) < 4.78 is 12.8. The van der Waals surface area contributed by atoms with E-state index in [1.165, 1.54) is 5.56 Å². The number of hydrogen-bond donors (Lipinski definition) is 2. The third-order valence-electron chi connectivity index (χ3n) is 4.65. The highest BCUT2D eigenvalue weighted by Gasteiger charge is 2.13. The molecule has 0 amide bonds. The minimum Gasteiger partial charge on any atom is -0.495 e. The van der Waals surface area contributed by atoms with Gasteiger partial charge in [0.15, 0.2) is 5.65 Å². The highest BCUT2D eigenvalue weighted by Crippen LogP contribution is 2.29. The molecule has 2 aromatic heterocycles. The van der Waals surface area contributed by atoms with E-state index in [1.54, 1.807) is 17.8 Å². The maximum Gasteiger partial charge on any atom is 0.159 e. The Hall–Kier alpha value is -2.84. The lowest BCUT2D eigenvalue weighted by Crippen LogP contribution is -2.35. The van der Waals surface area contributed by atoms with E-state index in [1.807, 2.05) is 25.2 Å². The first kappa shape index (κ1) is 17.6. The Kier molecular flexibility index (Phi) is 5.08. The van der Waals surface area contributed by atoms with Gasteiger partial charge in [-0.25, -0.2) is 4.98 Å². The number of rotatable bonds is 6. The van der Waals surface area contributed by atoms with E-state index in [9.17, 15) is 0 Å². The first-order chi connectivity index (χ1) is 13.3. The highest BCUT2D eigenvalue weighted by atomic mass is 16.5. The largest absolute Gasteiger partial charge is 0.495 e. The van der Waals surface area contributed by atoms with Gasteiger partial charge in [-0.05, 0) is 17.7 Å². The lowest BCUT2D eigenvalue weighted by atomic mass is 10.1. The van der Waals surface area contributed by atoms with Crippen molar-refractivity contribution in [2.24, 2.45) is 0 Å². The van der Waals surface area contributed by atoms with Crippen molar-refractivity contribution in [3.05, 3.63) is 42.1 Å². The minimum atomic E-state index is 0.728. The molecular formula is C19H24N6O2. The van der Waals surface area contributed by atoms with Crippen LogP contribution in [-0.2, 0) is 11.3 Å². The summed E-state index contributed by atoms with van der Waals surface area (Å²) in [7, 11) is 3.55. The summed E-state index contributed by atoms with van der Waals surface area (Å²) in [6.45, 7) is 4.42. The van der Waals surface area contributed by atoms with Gasteiger partial charge >= 0.3 is 0 Å². The highest BCUT2D eigenvalue weighted by molar-refractivity contribution is 5.68. The van der Waals surface area contributed by atoms with Crippen LogP contribution in [0.25, 0.3) is 5.65 Å². The fourth-order valence-electron chi connectivity index (χ4n) is 3.25. The van der Waals surface area contributed by atoms with Crippen molar-refractivity contribution < 1.29 is 9.47 Å².